The largest absolute Gasteiger partial charge is 0.476 e. The molecule has 0 aliphatic rings. The van der Waals surface area contributed by atoms with E-state index in [9.17, 15) is 9.18 Å². The molecule has 2 aromatic rings. The molecule has 0 aliphatic carbocycles. The van der Waals surface area contributed by atoms with Crippen LogP contribution in [0.5, 0.6) is 0 Å². The maximum Gasteiger partial charge on any atom is 0.356 e. The highest BCUT2D eigenvalue weighted by atomic mass is 35.5. The molecule has 0 unspecified atom stereocenters. The van der Waals surface area contributed by atoms with E-state index in [1.54, 1.807) is 6.92 Å². The highest BCUT2D eigenvalue weighted by Gasteiger charge is 2.20. The fourth-order valence-electron chi connectivity index (χ4n) is 1.46. The summed E-state index contributed by atoms with van der Waals surface area (Å²) in [5, 5.41) is 13.2. The lowest BCUT2D eigenvalue weighted by Gasteiger charge is -2.03. The monoisotopic (exact) mass is 254 g/mol. The highest BCUT2D eigenvalue weighted by molar-refractivity contribution is 6.34. The van der Waals surface area contributed by atoms with E-state index in [-0.39, 0.29) is 10.7 Å². The summed E-state index contributed by atoms with van der Waals surface area (Å²) >= 11 is 5.85. The van der Waals surface area contributed by atoms with Crippen LogP contribution in [0.15, 0.2) is 24.3 Å². The van der Waals surface area contributed by atoms with Gasteiger partial charge >= 0.3 is 5.97 Å². The topological polar surface area (TPSA) is 55.1 Å². The number of rotatable bonds is 2. The number of aryl methyl sites for hydroxylation is 1. The molecule has 6 heteroatoms. The van der Waals surface area contributed by atoms with Crippen LogP contribution in [0, 0.1) is 12.7 Å². The average molecular weight is 255 g/mol. The minimum atomic E-state index is -1.18. The summed E-state index contributed by atoms with van der Waals surface area (Å²) in [6.07, 6.45) is 0. The Hall–Kier alpha value is -1.88. The van der Waals surface area contributed by atoms with Crippen LogP contribution >= 0.6 is 11.6 Å². The summed E-state index contributed by atoms with van der Waals surface area (Å²) in [6.45, 7) is 1.61. The van der Waals surface area contributed by atoms with Crippen molar-refractivity contribution in [1.29, 1.82) is 0 Å². The maximum absolute atomic E-state index is 12.8. The van der Waals surface area contributed by atoms with Gasteiger partial charge in [0.15, 0.2) is 5.69 Å². The quantitative estimate of drug-likeness (QED) is 0.896. The van der Waals surface area contributed by atoms with Crippen molar-refractivity contribution in [2.24, 2.45) is 0 Å². The number of aromatic nitrogens is 2. The van der Waals surface area contributed by atoms with Crippen molar-refractivity contribution >= 4 is 17.6 Å². The number of carbonyl (C=O) groups is 1. The van der Waals surface area contributed by atoms with Gasteiger partial charge in [-0.3, -0.25) is 0 Å². The van der Waals surface area contributed by atoms with E-state index in [1.165, 1.54) is 28.9 Å². The molecule has 0 aliphatic heterocycles. The molecule has 1 aromatic heterocycles. The smallest absolute Gasteiger partial charge is 0.356 e. The Morgan fingerprint density at radius 1 is 1.41 bits per heavy atom. The average Bonchev–Trinajstić information content (AvgIpc) is 2.56. The van der Waals surface area contributed by atoms with Gasteiger partial charge in [-0.15, -0.1) is 0 Å². The molecule has 0 radical (unpaired) electrons. The van der Waals surface area contributed by atoms with Crippen molar-refractivity contribution in [1.82, 2.24) is 9.78 Å². The van der Waals surface area contributed by atoms with Gasteiger partial charge in [-0.05, 0) is 31.2 Å². The van der Waals surface area contributed by atoms with Crippen LogP contribution < -0.4 is 0 Å². The van der Waals surface area contributed by atoms with Gasteiger partial charge in [-0.1, -0.05) is 11.6 Å². The van der Waals surface area contributed by atoms with Crippen molar-refractivity contribution < 1.29 is 14.3 Å². The molecule has 0 amide bonds. The van der Waals surface area contributed by atoms with Crippen LogP contribution in [0.4, 0.5) is 4.39 Å². The zero-order valence-electron chi connectivity index (χ0n) is 8.82. The van der Waals surface area contributed by atoms with E-state index in [0.717, 1.165) is 0 Å². The summed E-state index contributed by atoms with van der Waals surface area (Å²) in [6, 6.07) is 5.33. The molecule has 0 saturated heterocycles. The second kappa shape index (κ2) is 4.18. The van der Waals surface area contributed by atoms with Crippen LogP contribution in [0.2, 0.25) is 5.02 Å². The molecule has 2 rings (SSSR count). The van der Waals surface area contributed by atoms with E-state index in [4.69, 9.17) is 16.7 Å². The van der Waals surface area contributed by atoms with E-state index in [2.05, 4.69) is 5.10 Å². The van der Waals surface area contributed by atoms with E-state index in [1.807, 2.05) is 0 Å². The first-order valence-electron chi connectivity index (χ1n) is 4.75. The Balaban J connectivity index is 2.63. The van der Waals surface area contributed by atoms with E-state index in [0.29, 0.717) is 11.4 Å². The van der Waals surface area contributed by atoms with E-state index < -0.39 is 11.8 Å². The van der Waals surface area contributed by atoms with E-state index >= 15 is 0 Å². The third-order valence-corrected chi connectivity index (χ3v) is 2.71. The lowest BCUT2D eigenvalue weighted by molar-refractivity contribution is 0.0687. The number of benzene rings is 1. The van der Waals surface area contributed by atoms with Gasteiger partial charge in [-0.2, -0.15) is 5.10 Å². The summed E-state index contributed by atoms with van der Waals surface area (Å²) in [4.78, 5) is 11.1. The predicted molar refractivity (Wildman–Crippen MR) is 60.2 cm³/mol. The second-order valence-electron chi connectivity index (χ2n) is 3.44. The van der Waals surface area contributed by atoms with Crippen molar-refractivity contribution in [2.75, 3.05) is 0 Å². The predicted octanol–water partition coefficient (Wildman–Crippen LogP) is 2.67. The van der Waals surface area contributed by atoms with Crippen molar-refractivity contribution in [3.05, 3.63) is 46.5 Å². The highest BCUT2D eigenvalue weighted by Crippen LogP contribution is 2.23. The standard InChI is InChI=1S/C11H8ClFN2O2/c1-6-9(12)10(11(16)17)15(14-6)8-4-2-7(13)3-5-8/h2-5H,1H3,(H,16,17). The van der Waals surface area contributed by atoms with Crippen LogP contribution in [0.3, 0.4) is 0 Å². The molecular formula is C11H8ClFN2O2. The number of aromatic carboxylic acids is 1. The van der Waals surface area contributed by atoms with Crippen LogP contribution in [0.1, 0.15) is 16.2 Å². The zero-order valence-corrected chi connectivity index (χ0v) is 9.57. The third-order valence-electron chi connectivity index (χ3n) is 2.26. The number of carboxylic acid groups (broad SMARTS) is 1. The number of hydrogen-bond donors (Lipinski definition) is 1. The molecular weight excluding hydrogens is 247 g/mol. The molecule has 0 saturated carbocycles. The fourth-order valence-corrected chi connectivity index (χ4v) is 1.66. The molecule has 1 N–H and O–H groups in total. The maximum atomic E-state index is 12.8. The van der Waals surface area contributed by atoms with Crippen molar-refractivity contribution in [3.63, 3.8) is 0 Å². The molecule has 17 heavy (non-hydrogen) atoms. The SMILES string of the molecule is Cc1nn(-c2ccc(F)cc2)c(C(=O)O)c1Cl. The van der Waals surface area contributed by atoms with Gasteiger partial charge in [0, 0.05) is 0 Å². The first-order chi connectivity index (χ1) is 8.00. The van der Waals surface area contributed by atoms with Crippen LogP contribution in [-0.4, -0.2) is 20.9 Å². The summed E-state index contributed by atoms with van der Waals surface area (Å²) in [5.74, 6) is -1.58. The molecule has 88 valence electrons. The molecule has 0 atom stereocenters. The van der Waals surface area contributed by atoms with Crippen molar-refractivity contribution in [2.45, 2.75) is 6.92 Å². The summed E-state index contributed by atoms with van der Waals surface area (Å²) in [7, 11) is 0. The number of carboxylic acids is 1. The third kappa shape index (κ3) is 2.01. The summed E-state index contributed by atoms with van der Waals surface area (Å²) < 4.78 is 14.0. The first-order valence-corrected chi connectivity index (χ1v) is 5.13. The Morgan fingerprint density at radius 2 is 2.00 bits per heavy atom. The molecule has 1 heterocycles. The van der Waals surface area contributed by atoms with Gasteiger partial charge in [0.25, 0.3) is 0 Å². The molecule has 1 aromatic carbocycles. The van der Waals surface area contributed by atoms with Gasteiger partial charge in [0.2, 0.25) is 0 Å². The van der Waals surface area contributed by atoms with Gasteiger partial charge in [-0.25, -0.2) is 13.9 Å². The number of hydrogen-bond acceptors (Lipinski definition) is 2. The molecule has 0 fully saturated rings. The molecule has 0 bridgehead atoms. The normalized spacial score (nSPS) is 10.5. The minimum absolute atomic E-state index is 0.0850. The zero-order chi connectivity index (χ0) is 12.6. The van der Waals surface area contributed by atoms with Crippen LogP contribution in [-0.2, 0) is 0 Å². The van der Waals surface area contributed by atoms with Crippen molar-refractivity contribution in [3.8, 4) is 5.69 Å². The summed E-state index contributed by atoms with van der Waals surface area (Å²) in [5.41, 5.74) is 0.725. The number of nitrogens with zero attached hydrogens (tertiary/aromatic N) is 2. The van der Waals surface area contributed by atoms with Crippen LogP contribution in [0.25, 0.3) is 5.69 Å². The second-order valence-corrected chi connectivity index (χ2v) is 3.82. The first kappa shape index (κ1) is 11.6. The van der Waals surface area contributed by atoms with Gasteiger partial charge in [0.1, 0.15) is 5.82 Å². The Bertz CT molecular complexity index is 578. The molecule has 4 nitrogen and oxygen atoms in total. The number of halogens is 2. The fraction of sp³-hybridized carbons (Fsp3) is 0.0909. The Kier molecular flexibility index (Phi) is 2.85. The molecule has 0 spiro atoms. The Labute approximate surface area is 101 Å². The Morgan fingerprint density at radius 3 is 2.53 bits per heavy atom. The van der Waals surface area contributed by atoms with Gasteiger partial charge < -0.3 is 5.11 Å². The lowest BCUT2D eigenvalue weighted by Crippen LogP contribution is -2.08. The lowest BCUT2D eigenvalue weighted by atomic mass is 10.3. The van der Waals surface area contributed by atoms with Gasteiger partial charge in [0.05, 0.1) is 16.4 Å². The minimum Gasteiger partial charge on any atom is -0.476 e.